The minimum atomic E-state index is -0.992. The van der Waals surface area contributed by atoms with Crippen molar-refractivity contribution in [2.75, 3.05) is 4.90 Å². The topological polar surface area (TPSA) is 152 Å². The number of benzene rings is 2. The minimum Gasteiger partial charge on any atom is -0.489 e. The molecule has 3 rings (SSSR count). The van der Waals surface area contributed by atoms with Gasteiger partial charge in [-0.1, -0.05) is 12.1 Å². The molecular weight excluding hydrogens is 436 g/mol. The molecule has 0 spiro atoms. The first-order valence-corrected chi connectivity index (χ1v) is 10.9. The second-order valence-corrected chi connectivity index (χ2v) is 9.14. The molecule has 0 radical (unpaired) electrons. The molecule has 1 unspecified atom stereocenters. The van der Waals surface area contributed by atoms with E-state index in [0.717, 1.165) is 16.5 Å². The number of aliphatic carboxylic acids is 1. The number of H-pyrrole nitrogens is 1. The fourth-order valence-electron chi connectivity index (χ4n) is 3.70. The van der Waals surface area contributed by atoms with Gasteiger partial charge in [0.15, 0.2) is 0 Å². The molecule has 9 heteroatoms. The van der Waals surface area contributed by atoms with Crippen LogP contribution in [0.5, 0.6) is 5.75 Å². The van der Waals surface area contributed by atoms with Crippen LogP contribution in [0, 0.1) is 0 Å². The van der Waals surface area contributed by atoms with Crippen LogP contribution in [-0.2, 0) is 16.2 Å². The molecule has 0 saturated carbocycles. The number of nitrogens with two attached hydrogens (primary N) is 2. The standard InChI is InChI=1S/C25H30N4O5/c1-25(2,3)29(24(33)19(26)8-10-22(30)31)17-6-4-5-15(11-17)14-34-18-7-9-20-16(12-18)13-21(28-20)23(27)32/h4-7,9,11-13,19,28H,8,10,14,26H2,1-3H3,(H2,27,32)(H,30,31). The summed E-state index contributed by atoms with van der Waals surface area (Å²) in [5.41, 5.74) is 13.4. The number of carbonyl (C=O) groups excluding carboxylic acids is 2. The second kappa shape index (κ2) is 9.96. The number of carboxylic acid groups (broad SMARTS) is 1. The molecule has 1 aromatic heterocycles. The molecule has 1 atom stereocenters. The lowest BCUT2D eigenvalue weighted by Crippen LogP contribution is -2.52. The van der Waals surface area contributed by atoms with E-state index in [4.69, 9.17) is 21.3 Å². The van der Waals surface area contributed by atoms with E-state index in [0.29, 0.717) is 17.1 Å². The van der Waals surface area contributed by atoms with E-state index in [1.807, 2.05) is 57.2 Å². The third-order valence-electron chi connectivity index (χ3n) is 5.31. The van der Waals surface area contributed by atoms with Crippen molar-refractivity contribution in [2.45, 2.75) is 51.8 Å². The molecule has 0 fully saturated rings. The van der Waals surface area contributed by atoms with E-state index in [-0.39, 0.29) is 25.4 Å². The smallest absolute Gasteiger partial charge is 0.303 e. The molecule has 6 N–H and O–H groups in total. The number of anilines is 1. The predicted octanol–water partition coefficient (Wildman–Crippen LogP) is 3.17. The van der Waals surface area contributed by atoms with Crippen molar-refractivity contribution in [1.29, 1.82) is 0 Å². The summed E-state index contributed by atoms with van der Waals surface area (Å²) >= 11 is 0. The molecule has 0 aliphatic carbocycles. The van der Waals surface area contributed by atoms with Gasteiger partial charge in [-0.3, -0.25) is 14.4 Å². The summed E-state index contributed by atoms with van der Waals surface area (Å²) in [5, 5.41) is 9.72. The lowest BCUT2D eigenvalue weighted by Gasteiger charge is -2.37. The summed E-state index contributed by atoms with van der Waals surface area (Å²) in [7, 11) is 0. The Morgan fingerprint density at radius 3 is 2.50 bits per heavy atom. The zero-order valence-electron chi connectivity index (χ0n) is 19.5. The SMILES string of the molecule is CC(C)(C)N(C(=O)C(N)CCC(=O)O)c1cccc(COc2ccc3[nH]c(C(N)=O)cc3c2)c1. The van der Waals surface area contributed by atoms with Crippen molar-refractivity contribution in [3.05, 3.63) is 59.8 Å². The summed E-state index contributed by atoms with van der Waals surface area (Å²) < 4.78 is 5.94. The van der Waals surface area contributed by atoms with Gasteiger partial charge >= 0.3 is 5.97 Å². The number of ether oxygens (including phenoxy) is 1. The van der Waals surface area contributed by atoms with Crippen molar-refractivity contribution in [3.8, 4) is 5.75 Å². The average Bonchev–Trinajstić information content (AvgIpc) is 3.19. The summed E-state index contributed by atoms with van der Waals surface area (Å²) in [5.74, 6) is -1.24. The van der Waals surface area contributed by atoms with Crippen LogP contribution in [0.2, 0.25) is 0 Å². The minimum absolute atomic E-state index is 0.0582. The number of hydrogen-bond donors (Lipinski definition) is 4. The Morgan fingerprint density at radius 2 is 1.85 bits per heavy atom. The van der Waals surface area contributed by atoms with Crippen molar-refractivity contribution in [3.63, 3.8) is 0 Å². The zero-order valence-corrected chi connectivity index (χ0v) is 19.5. The van der Waals surface area contributed by atoms with Crippen molar-refractivity contribution >= 4 is 34.4 Å². The van der Waals surface area contributed by atoms with Gasteiger partial charge in [0.1, 0.15) is 18.1 Å². The molecule has 34 heavy (non-hydrogen) atoms. The average molecular weight is 467 g/mol. The number of hydrogen-bond acceptors (Lipinski definition) is 5. The Kier molecular flexibility index (Phi) is 7.26. The monoisotopic (exact) mass is 466 g/mol. The number of aromatic amines is 1. The maximum absolute atomic E-state index is 13.1. The number of amides is 2. The fraction of sp³-hybridized carbons (Fsp3) is 0.320. The Morgan fingerprint density at radius 1 is 1.12 bits per heavy atom. The molecule has 2 amide bonds. The predicted molar refractivity (Wildman–Crippen MR) is 130 cm³/mol. The number of nitrogens with zero attached hydrogens (tertiary/aromatic N) is 1. The number of rotatable bonds is 9. The third-order valence-corrected chi connectivity index (χ3v) is 5.31. The molecule has 0 aliphatic heterocycles. The summed E-state index contributed by atoms with van der Waals surface area (Å²) in [4.78, 5) is 39.9. The Hall–Kier alpha value is -3.85. The molecule has 0 aliphatic rings. The maximum Gasteiger partial charge on any atom is 0.303 e. The molecular formula is C25H30N4O5. The Bertz CT molecular complexity index is 1210. The number of aromatic nitrogens is 1. The van der Waals surface area contributed by atoms with E-state index < -0.39 is 23.5 Å². The molecule has 1 heterocycles. The van der Waals surface area contributed by atoms with Crippen LogP contribution in [0.1, 0.15) is 49.7 Å². The first kappa shape index (κ1) is 24.8. The van der Waals surface area contributed by atoms with Gasteiger partial charge in [0, 0.05) is 28.6 Å². The molecule has 9 nitrogen and oxygen atoms in total. The first-order valence-electron chi connectivity index (χ1n) is 10.9. The highest BCUT2D eigenvalue weighted by atomic mass is 16.5. The van der Waals surface area contributed by atoms with Crippen LogP contribution in [0.15, 0.2) is 48.5 Å². The van der Waals surface area contributed by atoms with Crippen LogP contribution < -0.4 is 21.1 Å². The Labute approximate surface area is 197 Å². The third kappa shape index (κ3) is 5.93. The van der Waals surface area contributed by atoms with E-state index in [1.165, 1.54) is 0 Å². The van der Waals surface area contributed by atoms with Crippen molar-refractivity contribution in [1.82, 2.24) is 4.98 Å². The summed E-state index contributed by atoms with van der Waals surface area (Å²) in [6, 6.07) is 13.6. The van der Waals surface area contributed by atoms with Gasteiger partial charge in [-0.05, 0) is 69.2 Å². The summed E-state index contributed by atoms with van der Waals surface area (Å²) in [6.07, 6.45) is -0.117. The highest BCUT2D eigenvalue weighted by Crippen LogP contribution is 2.27. The summed E-state index contributed by atoms with van der Waals surface area (Å²) in [6.45, 7) is 5.93. The maximum atomic E-state index is 13.1. The number of nitrogens with one attached hydrogen (secondary N) is 1. The van der Waals surface area contributed by atoms with Gasteiger partial charge in [-0.15, -0.1) is 0 Å². The van der Waals surface area contributed by atoms with E-state index in [9.17, 15) is 14.4 Å². The van der Waals surface area contributed by atoms with Crippen molar-refractivity contribution < 1.29 is 24.2 Å². The quantitative estimate of drug-likeness (QED) is 0.380. The highest BCUT2D eigenvalue weighted by molar-refractivity contribution is 5.98. The molecule has 0 saturated heterocycles. The largest absolute Gasteiger partial charge is 0.489 e. The van der Waals surface area contributed by atoms with Gasteiger partial charge in [0.2, 0.25) is 5.91 Å². The van der Waals surface area contributed by atoms with E-state index in [1.54, 1.807) is 17.0 Å². The highest BCUT2D eigenvalue weighted by Gasteiger charge is 2.31. The van der Waals surface area contributed by atoms with Gasteiger partial charge in [0.25, 0.3) is 5.91 Å². The van der Waals surface area contributed by atoms with Crippen LogP contribution in [0.4, 0.5) is 5.69 Å². The van der Waals surface area contributed by atoms with E-state index >= 15 is 0 Å². The van der Waals surface area contributed by atoms with Gasteiger partial charge in [-0.25, -0.2) is 0 Å². The molecule has 3 aromatic rings. The Balaban J connectivity index is 1.77. The van der Waals surface area contributed by atoms with Crippen LogP contribution in [0.3, 0.4) is 0 Å². The number of fused-ring (bicyclic) bond motifs is 1. The zero-order chi connectivity index (χ0) is 25.0. The van der Waals surface area contributed by atoms with Gasteiger partial charge < -0.3 is 31.2 Å². The van der Waals surface area contributed by atoms with Crippen LogP contribution >= 0.6 is 0 Å². The number of primary amides is 1. The normalized spacial score (nSPS) is 12.4. The molecule has 0 bridgehead atoms. The van der Waals surface area contributed by atoms with Crippen molar-refractivity contribution in [2.24, 2.45) is 11.5 Å². The fourth-order valence-corrected chi connectivity index (χ4v) is 3.70. The lowest BCUT2D eigenvalue weighted by molar-refractivity contribution is -0.137. The lowest BCUT2D eigenvalue weighted by atomic mass is 10.0. The van der Waals surface area contributed by atoms with Gasteiger partial charge in [-0.2, -0.15) is 0 Å². The van der Waals surface area contributed by atoms with Gasteiger partial charge in [0.05, 0.1) is 6.04 Å². The first-order chi connectivity index (χ1) is 16.0. The molecule has 180 valence electrons. The van der Waals surface area contributed by atoms with Crippen LogP contribution in [0.25, 0.3) is 10.9 Å². The second-order valence-electron chi connectivity index (χ2n) is 9.14. The number of carbonyl (C=O) groups is 3. The molecule has 2 aromatic carbocycles. The van der Waals surface area contributed by atoms with Crippen LogP contribution in [-0.4, -0.2) is 39.5 Å². The number of carboxylic acids is 1. The van der Waals surface area contributed by atoms with E-state index in [2.05, 4.69) is 4.98 Å².